The summed E-state index contributed by atoms with van der Waals surface area (Å²) in [6.45, 7) is 4.46. The van der Waals surface area contributed by atoms with Gasteiger partial charge in [-0.1, -0.05) is 73.3 Å². The number of carbonyl (C=O) groups is 3. The maximum Gasteiger partial charge on any atom is 0.407 e. The van der Waals surface area contributed by atoms with Crippen molar-refractivity contribution in [3.8, 4) is 16.9 Å². The number of nitrogens with one attached hydrogen (secondary N) is 3. The van der Waals surface area contributed by atoms with E-state index in [2.05, 4.69) is 34.3 Å². The minimum absolute atomic E-state index is 0. The molecule has 0 heterocycles. The fourth-order valence-electron chi connectivity index (χ4n) is 5.31. The van der Waals surface area contributed by atoms with E-state index in [4.69, 9.17) is 25.7 Å². The van der Waals surface area contributed by atoms with Gasteiger partial charge in [-0.15, -0.1) is 0 Å². The van der Waals surface area contributed by atoms with Gasteiger partial charge in [-0.25, -0.2) is 9.59 Å². The Morgan fingerprint density at radius 3 is 2.15 bits per heavy atom. The van der Waals surface area contributed by atoms with Gasteiger partial charge in [-0.05, 0) is 52.8 Å². The number of nitrogens with two attached hydrogens (primary N) is 2. The van der Waals surface area contributed by atoms with E-state index in [-0.39, 0.29) is 43.7 Å². The van der Waals surface area contributed by atoms with Crippen LogP contribution in [0.2, 0.25) is 0 Å². The van der Waals surface area contributed by atoms with E-state index < -0.39 is 30.1 Å². The summed E-state index contributed by atoms with van der Waals surface area (Å²) in [6.07, 6.45) is 1.72. The van der Waals surface area contributed by atoms with Crippen LogP contribution in [0, 0.1) is 0 Å². The Balaban J connectivity index is 0.00000576. The van der Waals surface area contributed by atoms with Crippen LogP contribution in [-0.2, 0) is 25.5 Å². The number of fused-ring (bicyclic) bond motifs is 3. The molecule has 46 heavy (non-hydrogen) atoms. The van der Waals surface area contributed by atoms with Crippen LogP contribution in [0.25, 0.3) is 11.1 Å². The highest BCUT2D eigenvalue weighted by molar-refractivity contribution is 5.90. The van der Waals surface area contributed by atoms with Crippen molar-refractivity contribution in [2.45, 2.75) is 37.3 Å². The lowest BCUT2D eigenvalue weighted by Crippen LogP contribution is -3.00. The highest BCUT2D eigenvalue weighted by Crippen LogP contribution is 2.44. The highest BCUT2D eigenvalue weighted by atomic mass is 35.5. The largest absolute Gasteiger partial charge is 1.00 e. The van der Waals surface area contributed by atoms with Crippen LogP contribution < -0.4 is 44.2 Å². The van der Waals surface area contributed by atoms with E-state index in [1.807, 2.05) is 36.4 Å². The number of methoxy groups -OCH3 is 1. The number of halogens is 1. The highest BCUT2D eigenvalue weighted by Gasteiger charge is 2.31. The molecule has 0 saturated carbocycles. The summed E-state index contributed by atoms with van der Waals surface area (Å²) in [6, 6.07) is 21.2. The Morgan fingerprint density at radius 2 is 1.57 bits per heavy atom. The molecule has 3 aromatic rings. The van der Waals surface area contributed by atoms with Crippen LogP contribution in [-0.4, -0.2) is 62.9 Å². The molecule has 244 valence electrons. The van der Waals surface area contributed by atoms with Crippen molar-refractivity contribution in [1.29, 1.82) is 0 Å². The molecule has 0 aromatic heterocycles. The summed E-state index contributed by atoms with van der Waals surface area (Å²) < 4.78 is 16.1. The molecule has 0 aliphatic heterocycles. The number of carbonyl (C=O) groups excluding carboxylic acids is 3. The topological polar surface area (TPSA) is 169 Å². The molecule has 2 atom stereocenters. The molecular weight excluding hydrogens is 610 g/mol. The average molecular weight is 650 g/mol. The van der Waals surface area contributed by atoms with Gasteiger partial charge in [0, 0.05) is 12.3 Å². The Kier molecular flexibility index (Phi) is 13.5. The van der Waals surface area contributed by atoms with Gasteiger partial charge in [0.1, 0.15) is 31.0 Å². The van der Waals surface area contributed by atoms with Gasteiger partial charge in [-0.3, -0.25) is 21.3 Å². The molecule has 0 unspecified atom stereocenters. The molecule has 1 aliphatic rings. The number of hydrogen-bond acceptors (Lipinski definition) is 6. The van der Waals surface area contributed by atoms with Crippen LogP contribution in [0.5, 0.6) is 5.75 Å². The Hall–Kier alpha value is -5.03. The third kappa shape index (κ3) is 9.48. The summed E-state index contributed by atoms with van der Waals surface area (Å²) in [5.41, 5.74) is 16.1. The number of amides is 2. The molecule has 4 rings (SSSR count). The second-order valence-electron chi connectivity index (χ2n) is 10.6. The van der Waals surface area contributed by atoms with Crippen molar-refractivity contribution >= 4 is 23.9 Å². The van der Waals surface area contributed by atoms with Crippen molar-refractivity contribution in [2.75, 3.05) is 26.9 Å². The molecule has 0 spiro atoms. The molecule has 0 saturated heterocycles. The van der Waals surface area contributed by atoms with Gasteiger partial charge in [0.05, 0.1) is 13.7 Å². The minimum Gasteiger partial charge on any atom is -1.00 e. The normalized spacial score (nSPS) is 12.6. The number of hydrogen-bond donors (Lipinski definition) is 5. The van der Waals surface area contributed by atoms with Gasteiger partial charge in [0.25, 0.3) is 0 Å². The third-order valence-corrected chi connectivity index (χ3v) is 7.48. The van der Waals surface area contributed by atoms with Crippen LogP contribution in [0.1, 0.15) is 35.4 Å². The first-order chi connectivity index (χ1) is 21.8. The second kappa shape index (κ2) is 17.5. The van der Waals surface area contributed by atoms with E-state index in [1.165, 1.54) is 7.11 Å². The first kappa shape index (κ1) is 35.4. The van der Waals surface area contributed by atoms with Crippen molar-refractivity contribution in [3.05, 3.63) is 102 Å². The Bertz CT molecular complexity index is 1480. The molecule has 7 N–H and O–H groups in total. The minimum atomic E-state index is -1.01. The average Bonchev–Trinajstić information content (AvgIpc) is 3.37. The van der Waals surface area contributed by atoms with E-state index in [0.717, 1.165) is 27.8 Å². The number of rotatable bonds is 15. The Labute approximate surface area is 274 Å². The van der Waals surface area contributed by atoms with Crippen molar-refractivity contribution in [2.24, 2.45) is 11.5 Å². The predicted molar refractivity (Wildman–Crippen MR) is 170 cm³/mol. The molecule has 11 nitrogen and oxygen atoms in total. The predicted octanol–water partition coefficient (Wildman–Crippen LogP) is -1.50. The number of alkyl carbamates (subject to hydrolysis) is 1. The third-order valence-electron chi connectivity index (χ3n) is 7.48. The Morgan fingerprint density at radius 1 is 0.935 bits per heavy atom. The van der Waals surface area contributed by atoms with E-state index in [0.29, 0.717) is 25.3 Å². The van der Waals surface area contributed by atoms with E-state index in [9.17, 15) is 14.4 Å². The zero-order chi connectivity index (χ0) is 32.2. The molecule has 12 heteroatoms. The lowest BCUT2D eigenvalue weighted by atomic mass is 9.98. The first-order valence-electron chi connectivity index (χ1n) is 14.7. The molecular formula is C34H40ClN5O6. The summed E-state index contributed by atoms with van der Waals surface area (Å²) in [5.74, 6) is -0.627. The zero-order valence-electron chi connectivity index (χ0n) is 25.7. The second-order valence-corrected chi connectivity index (χ2v) is 10.6. The maximum absolute atomic E-state index is 13.5. The monoisotopic (exact) mass is 649 g/mol. The van der Waals surface area contributed by atoms with Crippen molar-refractivity contribution in [1.82, 2.24) is 10.6 Å². The lowest BCUT2D eigenvalue weighted by molar-refractivity contribution is -0.459. The van der Waals surface area contributed by atoms with Gasteiger partial charge in [0.15, 0.2) is 0 Å². The van der Waals surface area contributed by atoms with Crippen LogP contribution in [0.3, 0.4) is 0 Å². The number of guanidine groups is 1. The van der Waals surface area contributed by atoms with E-state index >= 15 is 0 Å². The SMILES string of the molecule is C=CCOc1ccc(C[C@H](NC(=O)[C@@H](CCC[NH+]=C(N)N)NC(=O)OCC2c3ccccc3-c3ccccc32)C(=O)OC)cc1.[Cl-]. The maximum atomic E-state index is 13.5. The molecule has 0 radical (unpaired) electrons. The molecule has 1 aliphatic carbocycles. The fraction of sp³-hybridized carbons (Fsp3) is 0.294. The number of esters is 1. The first-order valence-corrected chi connectivity index (χ1v) is 14.7. The lowest BCUT2D eigenvalue weighted by Gasteiger charge is -2.23. The van der Waals surface area contributed by atoms with E-state index in [1.54, 1.807) is 30.3 Å². The molecule has 0 fully saturated rings. The van der Waals surface area contributed by atoms with Crippen LogP contribution in [0.4, 0.5) is 4.79 Å². The summed E-state index contributed by atoms with van der Waals surface area (Å²) in [4.78, 5) is 42.0. The number of ether oxygens (including phenoxy) is 3. The summed E-state index contributed by atoms with van der Waals surface area (Å²) >= 11 is 0. The standard InChI is InChI=1S/C34H39N5O6.ClH/c1-3-19-44-23-16-14-22(15-17-23)20-30(32(41)43-2)38-31(40)29(13-8-18-37-33(35)36)39-34(42)45-21-28-26-11-6-4-9-24(26)25-10-5-7-12-27(25)28;/h3-7,9-12,14-17,28-30H,1,8,13,18-21H2,2H3,(H,38,40)(H,39,42)(H4,35,36,37);1H/t29-,30+;/m1./s1. The van der Waals surface area contributed by atoms with Gasteiger partial charge >= 0.3 is 18.0 Å². The van der Waals surface area contributed by atoms with Gasteiger partial charge in [-0.2, -0.15) is 0 Å². The van der Waals surface area contributed by atoms with Gasteiger partial charge < -0.3 is 37.3 Å². The van der Waals surface area contributed by atoms with Crippen molar-refractivity contribution in [3.63, 3.8) is 0 Å². The van der Waals surface area contributed by atoms with Crippen LogP contribution in [0.15, 0.2) is 85.5 Å². The van der Waals surface area contributed by atoms with Crippen LogP contribution >= 0.6 is 0 Å². The molecule has 0 bridgehead atoms. The number of benzene rings is 3. The zero-order valence-corrected chi connectivity index (χ0v) is 26.4. The molecule has 3 aromatic carbocycles. The fourth-order valence-corrected chi connectivity index (χ4v) is 5.31. The summed E-state index contributed by atoms with van der Waals surface area (Å²) in [7, 11) is 1.25. The smallest absolute Gasteiger partial charge is 0.407 e. The summed E-state index contributed by atoms with van der Waals surface area (Å²) in [5, 5.41) is 5.42. The quantitative estimate of drug-likeness (QED) is 0.0436. The molecule has 2 amide bonds. The van der Waals surface area contributed by atoms with Gasteiger partial charge in [0.2, 0.25) is 5.91 Å². The van der Waals surface area contributed by atoms with Crippen molar-refractivity contribution < 1.29 is 46.0 Å².